The highest BCUT2D eigenvalue weighted by Gasteiger charge is 2.35. The van der Waals surface area contributed by atoms with Gasteiger partial charge in [0.05, 0.1) is 30.8 Å². The molecule has 1 aromatic carbocycles. The molecule has 0 unspecified atom stereocenters. The molecule has 11 heteroatoms. The zero-order valence-corrected chi connectivity index (χ0v) is 24.1. The third-order valence-electron chi connectivity index (χ3n) is 9.20. The Balaban J connectivity index is 1.32. The van der Waals surface area contributed by atoms with Crippen molar-refractivity contribution in [2.75, 3.05) is 56.2 Å². The van der Waals surface area contributed by atoms with Crippen molar-refractivity contribution in [3.8, 4) is 12.1 Å². The largest absolute Gasteiger partial charge is 0.462 e. The van der Waals surface area contributed by atoms with E-state index in [2.05, 4.69) is 34.4 Å². The zero-order valence-electron chi connectivity index (χ0n) is 24.1. The van der Waals surface area contributed by atoms with E-state index in [1.165, 1.54) is 10.5 Å². The number of anilines is 2. The quantitative estimate of drug-likeness (QED) is 0.462. The summed E-state index contributed by atoms with van der Waals surface area (Å²) >= 11 is 0. The topological polar surface area (TPSA) is 88.8 Å². The third-order valence-corrected chi connectivity index (χ3v) is 9.20. The van der Waals surface area contributed by atoms with Crippen molar-refractivity contribution in [2.45, 2.75) is 63.6 Å². The molecule has 3 aliphatic heterocycles. The second-order valence-corrected chi connectivity index (χ2v) is 11.8. The average molecular weight is 578 g/mol. The van der Waals surface area contributed by atoms with Crippen LogP contribution in [0.15, 0.2) is 24.5 Å². The van der Waals surface area contributed by atoms with E-state index < -0.39 is 17.8 Å². The summed E-state index contributed by atoms with van der Waals surface area (Å²) in [5.74, 6) is -1.28. The minimum atomic E-state index is -1.03. The fourth-order valence-electron chi connectivity index (χ4n) is 6.96. The van der Waals surface area contributed by atoms with Gasteiger partial charge in [0.1, 0.15) is 18.2 Å². The Morgan fingerprint density at radius 2 is 1.95 bits per heavy atom. The molecular weight excluding hydrogens is 540 g/mol. The molecule has 0 bridgehead atoms. The van der Waals surface area contributed by atoms with Crippen LogP contribution < -0.4 is 14.5 Å². The molecule has 1 aliphatic carbocycles. The highest BCUT2D eigenvalue weighted by molar-refractivity contribution is 5.91. The van der Waals surface area contributed by atoms with Crippen LogP contribution in [-0.2, 0) is 30.6 Å². The molecule has 0 radical (unpaired) electrons. The summed E-state index contributed by atoms with van der Waals surface area (Å²) in [6.07, 6.45) is 5.79. The van der Waals surface area contributed by atoms with Crippen LogP contribution in [0, 0.1) is 17.1 Å². The molecule has 2 atom stereocenters. The van der Waals surface area contributed by atoms with Gasteiger partial charge in [-0.2, -0.15) is 15.2 Å². The minimum absolute atomic E-state index is 0.0681. The van der Waals surface area contributed by atoms with Gasteiger partial charge in [-0.05, 0) is 75.4 Å². The SMILES string of the molecule is C=C(F)C(=O)N1CCN(c2nc(OC[C@H]3CCCN3C)nc3c2CCN(c2cc(F)cc4c2CCC4)C3)C[C@@H]1CC#N. The van der Waals surface area contributed by atoms with Gasteiger partial charge in [-0.3, -0.25) is 4.79 Å². The zero-order chi connectivity index (χ0) is 29.4. The number of nitrogens with zero attached hydrogens (tertiary/aromatic N) is 7. The van der Waals surface area contributed by atoms with Crippen LogP contribution >= 0.6 is 0 Å². The fourth-order valence-corrected chi connectivity index (χ4v) is 6.96. The fraction of sp³-hybridized carbons (Fsp3) is 0.548. The molecule has 2 fully saturated rings. The van der Waals surface area contributed by atoms with Gasteiger partial charge in [0.25, 0.3) is 5.91 Å². The molecule has 2 aromatic rings. The van der Waals surface area contributed by atoms with Crippen LogP contribution in [0.3, 0.4) is 0 Å². The van der Waals surface area contributed by atoms with Crippen LogP contribution in [0.1, 0.15) is 48.1 Å². The first-order valence-corrected chi connectivity index (χ1v) is 14.9. The molecule has 0 N–H and O–H groups in total. The lowest BCUT2D eigenvalue weighted by atomic mass is 10.0. The van der Waals surface area contributed by atoms with Gasteiger partial charge >= 0.3 is 6.01 Å². The minimum Gasteiger partial charge on any atom is -0.462 e. The number of carbonyl (C=O) groups is 1. The molecule has 42 heavy (non-hydrogen) atoms. The normalized spacial score (nSPS) is 22.1. The monoisotopic (exact) mass is 577 g/mol. The summed E-state index contributed by atoms with van der Waals surface area (Å²) < 4.78 is 34.6. The second kappa shape index (κ2) is 11.8. The number of amides is 1. The van der Waals surface area contributed by atoms with Gasteiger partial charge in [-0.1, -0.05) is 6.58 Å². The van der Waals surface area contributed by atoms with E-state index in [4.69, 9.17) is 14.7 Å². The first kappa shape index (κ1) is 28.3. The summed E-state index contributed by atoms with van der Waals surface area (Å²) in [6.45, 7) is 6.88. The van der Waals surface area contributed by atoms with Gasteiger partial charge in [0.15, 0.2) is 5.83 Å². The van der Waals surface area contributed by atoms with Crippen molar-refractivity contribution < 1.29 is 18.3 Å². The van der Waals surface area contributed by atoms with Gasteiger partial charge in [-0.15, -0.1) is 0 Å². The highest BCUT2D eigenvalue weighted by atomic mass is 19.1. The van der Waals surface area contributed by atoms with Crippen LogP contribution in [-0.4, -0.2) is 84.1 Å². The van der Waals surface area contributed by atoms with Gasteiger partial charge < -0.3 is 24.3 Å². The van der Waals surface area contributed by atoms with Crippen molar-refractivity contribution in [1.29, 1.82) is 5.26 Å². The molecule has 4 heterocycles. The Bertz CT molecular complexity index is 1430. The Kier molecular flexibility index (Phi) is 7.99. The number of hydrogen-bond acceptors (Lipinski definition) is 8. The van der Waals surface area contributed by atoms with E-state index in [1.807, 2.05) is 0 Å². The number of nitriles is 1. The van der Waals surface area contributed by atoms with E-state index in [1.54, 1.807) is 12.1 Å². The number of aromatic nitrogens is 2. The summed E-state index contributed by atoms with van der Waals surface area (Å²) in [6, 6.07) is 5.54. The summed E-state index contributed by atoms with van der Waals surface area (Å²) in [4.78, 5) is 30.2. The average Bonchev–Trinajstić information content (AvgIpc) is 3.63. The van der Waals surface area contributed by atoms with Crippen LogP contribution in [0.5, 0.6) is 6.01 Å². The number of likely N-dealkylation sites (tertiary alicyclic amines) is 1. The number of ether oxygens (including phenoxy) is 1. The van der Waals surface area contributed by atoms with E-state index >= 15 is 0 Å². The lowest BCUT2D eigenvalue weighted by molar-refractivity contribution is -0.131. The molecule has 222 valence electrons. The van der Waals surface area contributed by atoms with Gasteiger partial charge in [0.2, 0.25) is 0 Å². The van der Waals surface area contributed by atoms with E-state index in [-0.39, 0.29) is 18.8 Å². The molecular formula is C31H37F2N7O2. The predicted octanol–water partition coefficient (Wildman–Crippen LogP) is 3.55. The highest BCUT2D eigenvalue weighted by Crippen LogP contribution is 2.37. The molecule has 2 saturated heterocycles. The number of likely N-dealkylation sites (N-methyl/N-ethyl adjacent to an activating group) is 1. The maximum Gasteiger partial charge on any atom is 0.318 e. The molecule has 0 saturated carbocycles. The van der Waals surface area contributed by atoms with Crippen molar-refractivity contribution >= 4 is 17.4 Å². The maximum absolute atomic E-state index is 14.6. The number of piperazine rings is 1. The van der Waals surface area contributed by atoms with E-state index in [9.17, 15) is 18.8 Å². The predicted molar refractivity (Wildman–Crippen MR) is 155 cm³/mol. The Hall–Kier alpha value is -3.78. The summed E-state index contributed by atoms with van der Waals surface area (Å²) in [5.41, 5.74) is 5.09. The number of fused-ring (bicyclic) bond motifs is 2. The third kappa shape index (κ3) is 5.52. The number of benzene rings is 1. The molecule has 1 amide bonds. The van der Waals surface area contributed by atoms with Crippen molar-refractivity contribution in [3.63, 3.8) is 0 Å². The van der Waals surface area contributed by atoms with Crippen LogP contribution in [0.2, 0.25) is 0 Å². The number of carbonyl (C=O) groups excluding carboxylic acids is 1. The Morgan fingerprint density at radius 1 is 1.10 bits per heavy atom. The number of rotatable bonds is 7. The molecule has 0 spiro atoms. The van der Waals surface area contributed by atoms with Crippen molar-refractivity contribution in [1.82, 2.24) is 19.8 Å². The number of hydrogen-bond donors (Lipinski definition) is 0. The van der Waals surface area contributed by atoms with Gasteiger partial charge in [-0.25, -0.2) is 8.78 Å². The standard InChI is InChI=1S/C31H37F2N7O2/c1-20(32)30(41)40-14-13-39(17-23(40)8-10-34)29-26-9-12-38(28-16-22(33)15-21-5-3-7-25(21)28)18-27(26)35-31(36-29)42-19-24-6-4-11-37(24)2/h15-16,23-24H,1,3-9,11-14,17-19H2,2H3/t23-,24+/m0/s1. The van der Waals surface area contributed by atoms with Crippen molar-refractivity contribution in [3.05, 3.63) is 52.7 Å². The first-order chi connectivity index (χ1) is 20.3. The van der Waals surface area contributed by atoms with Gasteiger partial charge in [0, 0.05) is 43.5 Å². The van der Waals surface area contributed by atoms with Crippen molar-refractivity contribution in [2.24, 2.45) is 0 Å². The molecule has 4 aliphatic rings. The molecule has 9 nitrogen and oxygen atoms in total. The van der Waals surface area contributed by atoms with E-state index in [0.717, 1.165) is 67.0 Å². The van der Waals surface area contributed by atoms with Crippen LogP contribution in [0.4, 0.5) is 20.3 Å². The first-order valence-electron chi connectivity index (χ1n) is 14.9. The molecule has 1 aromatic heterocycles. The lowest BCUT2D eigenvalue weighted by Gasteiger charge is -2.42. The Labute approximate surface area is 245 Å². The number of halogens is 2. The number of aryl methyl sites for hydroxylation is 1. The van der Waals surface area contributed by atoms with E-state index in [0.29, 0.717) is 51.3 Å². The maximum atomic E-state index is 14.6. The second-order valence-electron chi connectivity index (χ2n) is 11.8. The Morgan fingerprint density at radius 3 is 2.71 bits per heavy atom. The summed E-state index contributed by atoms with van der Waals surface area (Å²) in [5, 5.41) is 9.46. The smallest absolute Gasteiger partial charge is 0.318 e. The molecule has 6 rings (SSSR count). The van der Waals surface area contributed by atoms with Crippen LogP contribution in [0.25, 0.3) is 0 Å². The lowest BCUT2D eigenvalue weighted by Crippen LogP contribution is -2.55. The summed E-state index contributed by atoms with van der Waals surface area (Å²) in [7, 11) is 2.09.